The highest BCUT2D eigenvalue weighted by Crippen LogP contribution is 2.41. The first kappa shape index (κ1) is 14.1. The summed E-state index contributed by atoms with van der Waals surface area (Å²) < 4.78 is 7.44. The molecule has 1 heterocycles. The van der Waals surface area contributed by atoms with Crippen LogP contribution in [0.2, 0.25) is 0 Å². The average Bonchev–Trinajstić information content (AvgIpc) is 2.95. The minimum Gasteiger partial charge on any atom is -0.496 e. The smallest absolute Gasteiger partial charge is 0.122 e. The number of hydrogen-bond acceptors (Lipinski definition) is 3. The molecule has 0 amide bonds. The Bertz CT molecular complexity index is 561. The van der Waals surface area contributed by atoms with E-state index in [1.807, 2.05) is 29.2 Å². The molecule has 1 aromatic carbocycles. The Hall–Kier alpha value is -1.81. The molecule has 1 atom stereocenters. The van der Waals surface area contributed by atoms with Gasteiger partial charge < -0.3 is 10.1 Å². The number of hydrogen-bond donors (Lipinski definition) is 1. The van der Waals surface area contributed by atoms with E-state index in [2.05, 4.69) is 35.5 Å². The SMILES string of the molecule is COc1ccccc1C1CC(NC(C)Cn2cccn2)C1. The molecular weight excluding hydrogens is 262 g/mol. The highest BCUT2D eigenvalue weighted by molar-refractivity contribution is 5.37. The molecule has 0 bridgehead atoms. The van der Waals surface area contributed by atoms with E-state index in [1.165, 1.54) is 18.4 Å². The van der Waals surface area contributed by atoms with Crippen LogP contribution in [0.4, 0.5) is 0 Å². The van der Waals surface area contributed by atoms with Gasteiger partial charge >= 0.3 is 0 Å². The Kier molecular flexibility index (Phi) is 4.25. The zero-order valence-corrected chi connectivity index (χ0v) is 12.7. The van der Waals surface area contributed by atoms with Gasteiger partial charge in [-0.2, -0.15) is 5.10 Å². The molecule has 1 aliphatic rings. The molecule has 1 aromatic heterocycles. The molecular formula is C17H23N3O. The van der Waals surface area contributed by atoms with Gasteiger partial charge in [-0.1, -0.05) is 18.2 Å². The van der Waals surface area contributed by atoms with Crippen LogP contribution in [-0.4, -0.2) is 29.0 Å². The molecule has 3 rings (SSSR count). The maximum absolute atomic E-state index is 5.46. The summed E-state index contributed by atoms with van der Waals surface area (Å²) in [7, 11) is 1.75. The fraction of sp³-hybridized carbons (Fsp3) is 0.471. The molecule has 1 saturated carbocycles. The second-order valence-electron chi connectivity index (χ2n) is 5.90. The summed E-state index contributed by atoms with van der Waals surface area (Å²) in [6.07, 6.45) is 6.21. The summed E-state index contributed by atoms with van der Waals surface area (Å²) in [5.74, 6) is 1.64. The second kappa shape index (κ2) is 6.31. The molecule has 21 heavy (non-hydrogen) atoms. The number of rotatable bonds is 6. The maximum atomic E-state index is 5.46. The van der Waals surface area contributed by atoms with Crippen molar-refractivity contribution >= 4 is 0 Å². The first-order valence-corrected chi connectivity index (χ1v) is 7.62. The van der Waals surface area contributed by atoms with Gasteiger partial charge in [0.15, 0.2) is 0 Å². The minimum atomic E-state index is 0.438. The van der Waals surface area contributed by atoms with E-state index in [-0.39, 0.29) is 0 Å². The van der Waals surface area contributed by atoms with Crippen molar-refractivity contribution in [3.05, 3.63) is 48.3 Å². The number of benzene rings is 1. The van der Waals surface area contributed by atoms with Gasteiger partial charge in [-0.05, 0) is 43.4 Å². The number of para-hydroxylation sites is 1. The molecule has 0 saturated heterocycles. The lowest BCUT2D eigenvalue weighted by molar-refractivity contribution is 0.253. The Morgan fingerprint density at radius 2 is 2.14 bits per heavy atom. The van der Waals surface area contributed by atoms with Gasteiger partial charge in [-0.25, -0.2) is 0 Å². The van der Waals surface area contributed by atoms with Gasteiger partial charge in [0, 0.05) is 24.5 Å². The molecule has 2 aromatic rings. The Morgan fingerprint density at radius 1 is 1.33 bits per heavy atom. The van der Waals surface area contributed by atoms with Crippen LogP contribution in [0.3, 0.4) is 0 Å². The van der Waals surface area contributed by atoms with E-state index in [1.54, 1.807) is 7.11 Å². The lowest BCUT2D eigenvalue weighted by Gasteiger charge is -2.38. The van der Waals surface area contributed by atoms with E-state index < -0.39 is 0 Å². The van der Waals surface area contributed by atoms with Gasteiger partial charge in [0.1, 0.15) is 5.75 Å². The highest BCUT2D eigenvalue weighted by Gasteiger charge is 2.32. The summed E-state index contributed by atoms with van der Waals surface area (Å²) in [5, 5.41) is 7.94. The summed E-state index contributed by atoms with van der Waals surface area (Å²) in [5.41, 5.74) is 1.35. The molecule has 112 valence electrons. The fourth-order valence-electron chi connectivity index (χ4n) is 3.16. The Morgan fingerprint density at radius 3 is 2.86 bits per heavy atom. The molecule has 1 unspecified atom stereocenters. The van der Waals surface area contributed by atoms with Gasteiger partial charge in [0.2, 0.25) is 0 Å². The first-order chi connectivity index (χ1) is 10.3. The van der Waals surface area contributed by atoms with Crippen molar-refractivity contribution in [3.8, 4) is 5.75 Å². The van der Waals surface area contributed by atoms with Crippen molar-refractivity contribution in [2.24, 2.45) is 0 Å². The van der Waals surface area contributed by atoms with Gasteiger partial charge in [0.25, 0.3) is 0 Å². The molecule has 4 heteroatoms. The third-order valence-electron chi connectivity index (χ3n) is 4.26. The van der Waals surface area contributed by atoms with Gasteiger partial charge in [-0.15, -0.1) is 0 Å². The van der Waals surface area contributed by atoms with Crippen LogP contribution in [0.25, 0.3) is 0 Å². The third-order valence-corrected chi connectivity index (χ3v) is 4.26. The van der Waals surface area contributed by atoms with Crippen LogP contribution in [0.5, 0.6) is 5.75 Å². The summed E-state index contributed by atoms with van der Waals surface area (Å²) in [4.78, 5) is 0. The maximum Gasteiger partial charge on any atom is 0.122 e. The number of nitrogens with one attached hydrogen (secondary N) is 1. The molecule has 0 radical (unpaired) electrons. The number of aromatic nitrogens is 2. The van der Waals surface area contributed by atoms with Crippen molar-refractivity contribution in [2.75, 3.05) is 7.11 Å². The minimum absolute atomic E-state index is 0.438. The van der Waals surface area contributed by atoms with Crippen LogP contribution in [0.15, 0.2) is 42.7 Å². The highest BCUT2D eigenvalue weighted by atomic mass is 16.5. The topological polar surface area (TPSA) is 39.1 Å². The molecule has 4 nitrogen and oxygen atoms in total. The van der Waals surface area contributed by atoms with Crippen molar-refractivity contribution in [3.63, 3.8) is 0 Å². The zero-order chi connectivity index (χ0) is 14.7. The largest absolute Gasteiger partial charge is 0.496 e. The first-order valence-electron chi connectivity index (χ1n) is 7.62. The van der Waals surface area contributed by atoms with Crippen molar-refractivity contribution < 1.29 is 4.74 Å². The van der Waals surface area contributed by atoms with Crippen molar-refractivity contribution in [2.45, 2.75) is 44.3 Å². The van der Waals surface area contributed by atoms with Gasteiger partial charge in [-0.3, -0.25) is 4.68 Å². The summed E-state index contributed by atoms with van der Waals surface area (Å²) >= 11 is 0. The standard InChI is InChI=1S/C17H23N3O/c1-13(12-20-9-5-8-18-20)19-15-10-14(11-15)16-6-3-4-7-17(16)21-2/h3-9,13-15,19H,10-12H2,1-2H3. The number of ether oxygens (including phenoxy) is 1. The molecule has 1 N–H and O–H groups in total. The molecule has 0 aliphatic heterocycles. The van der Waals surface area contributed by atoms with E-state index in [4.69, 9.17) is 4.74 Å². The summed E-state index contributed by atoms with van der Waals surface area (Å²) in [6.45, 7) is 3.14. The van der Waals surface area contributed by atoms with E-state index in [0.717, 1.165) is 12.3 Å². The van der Waals surface area contributed by atoms with E-state index in [0.29, 0.717) is 18.0 Å². The Balaban J connectivity index is 1.49. The van der Waals surface area contributed by atoms with E-state index in [9.17, 15) is 0 Å². The fourth-order valence-corrected chi connectivity index (χ4v) is 3.16. The zero-order valence-electron chi connectivity index (χ0n) is 12.7. The van der Waals surface area contributed by atoms with Crippen LogP contribution in [0.1, 0.15) is 31.2 Å². The molecule has 1 aliphatic carbocycles. The van der Waals surface area contributed by atoms with Crippen LogP contribution in [0, 0.1) is 0 Å². The van der Waals surface area contributed by atoms with Crippen LogP contribution < -0.4 is 10.1 Å². The van der Waals surface area contributed by atoms with Crippen molar-refractivity contribution in [1.82, 2.24) is 15.1 Å². The predicted octanol–water partition coefficient (Wildman–Crippen LogP) is 2.82. The molecule has 1 fully saturated rings. The lowest BCUT2D eigenvalue weighted by atomic mass is 9.75. The Labute approximate surface area is 126 Å². The van der Waals surface area contributed by atoms with E-state index >= 15 is 0 Å². The predicted molar refractivity (Wildman–Crippen MR) is 83.6 cm³/mol. The number of nitrogens with zero attached hydrogens (tertiary/aromatic N) is 2. The summed E-state index contributed by atoms with van der Waals surface area (Å²) in [6, 6.07) is 11.4. The second-order valence-corrected chi connectivity index (χ2v) is 5.90. The molecule has 0 spiro atoms. The van der Waals surface area contributed by atoms with Crippen LogP contribution in [-0.2, 0) is 6.54 Å². The average molecular weight is 285 g/mol. The van der Waals surface area contributed by atoms with Crippen molar-refractivity contribution in [1.29, 1.82) is 0 Å². The van der Waals surface area contributed by atoms with Crippen LogP contribution >= 0.6 is 0 Å². The normalized spacial score (nSPS) is 22.6. The third kappa shape index (κ3) is 3.27. The quantitative estimate of drug-likeness (QED) is 0.887. The number of methoxy groups -OCH3 is 1. The monoisotopic (exact) mass is 285 g/mol. The lowest BCUT2D eigenvalue weighted by Crippen LogP contribution is -2.45. The van der Waals surface area contributed by atoms with Gasteiger partial charge in [0.05, 0.1) is 13.7 Å².